The highest BCUT2D eigenvalue weighted by molar-refractivity contribution is 6.03. The molecular weight excluding hydrogens is 274 g/mol. The van der Waals surface area contributed by atoms with Crippen LogP contribution in [-0.2, 0) is 14.3 Å². The SMILES string of the molecule is CCOC(=O)CC(=O)Nc1c(OCC)cccc1OCC. The molecule has 21 heavy (non-hydrogen) atoms. The Kier molecular flexibility index (Phi) is 7.08. The van der Waals surface area contributed by atoms with Crippen LogP contribution in [0.5, 0.6) is 11.5 Å². The number of ether oxygens (including phenoxy) is 3. The fraction of sp³-hybridized carbons (Fsp3) is 0.467. The van der Waals surface area contributed by atoms with Gasteiger partial charge in [-0.15, -0.1) is 0 Å². The molecule has 1 N–H and O–H groups in total. The monoisotopic (exact) mass is 295 g/mol. The largest absolute Gasteiger partial charge is 0.492 e. The molecule has 0 bridgehead atoms. The molecule has 0 atom stereocenters. The zero-order valence-corrected chi connectivity index (χ0v) is 12.6. The zero-order valence-electron chi connectivity index (χ0n) is 12.6. The van der Waals surface area contributed by atoms with Crippen molar-refractivity contribution in [2.45, 2.75) is 27.2 Å². The van der Waals surface area contributed by atoms with E-state index in [1.54, 1.807) is 25.1 Å². The number of rotatable bonds is 8. The summed E-state index contributed by atoms with van der Waals surface area (Å²) in [4.78, 5) is 23.2. The summed E-state index contributed by atoms with van der Waals surface area (Å²) in [6.45, 7) is 6.53. The van der Waals surface area contributed by atoms with Crippen molar-refractivity contribution in [1.82, 2.24) is 0 Å². The standard InChI is InChI=1S/C15H21NO5/c1-4-19-11-8-7-9-12(20-5-2)15(11)16-13(17)10-14(18)21-6-3/h7-9H,4-6,10H2,1-3H3,(H,16,17). The van der Waals surface area contributed by atoms with Gasteiger partial charge in [0.2, 0.25) is 5.91 Å². The molecule has 0 radical (unpaired) electrons. The minimum Gasteiger partial charge on any atom is -0.492 e. The predicted molar refractivity (Wildman–Crippen MR) is 78.7 cm³/mol. The summed E-state index contributed by atoms with van der Waals surface area (Å²) in [6.07, 6.45) is -0.347. The van der Waals surface area contributed by atoms with E-state index < -0.39 is 11.9 Å². The quantitative estimate of drug-likeness (QED) is 0.589. The number of para-hydroxylation sites is 1. The number of hydrogen-bond donors (Lipinski definition) is 1. The van der Waals surface area contributed by atoms with Gasteiger partial charge in [0.15, 0.2) is 0 Å². The van der Waals surface area contributed by atoms with Crippen LogP contribution in [-0.4, -0.2) is 31.7 Å². The average molecular weight is 295 g/mol. The molecular formula is C15H21NO5. The topological polar surface area (TPSA) is 73.9 Å². The van der Waals surface area contributed by atoms with Crippen LogP contribution in [0.4, 0.5) is 5.69 Å². The maximum absolute atomic E-state index is 11.9. The highest BCUT2D eigenvalue weighted by atomic mass is 16.5. The molecule has 0 aliphatic rings. The van der Waals surface area contributed by atoms with Crippen LogP contribution in [0.15, 0.2) is 18.2 Å². The van der Waals surface area contributed by atoms with Crippen molar-refractivity contribution in [3.8, 4) is 11.5 Å². The fourth-order valence-electron chi connectivity index (χ4n) is 1.71. The van der Waals surface area contributed by atoms with Gasteiger partial charge in [-0.25, -0.2) is 0 Å². The van der Waals surface area contributed by atoms with Gasteiger partial charge < -0.3 is 19.5 Å². The minimum atomic E-state index is -0.568. The third kappa shape index (κ3) is 5.33. The molecule has 0 aliphatic heterocycles. The molecule has 1 aromatic carbocycles. The Labute approximate surface area is 124 Å². The van der Waals surface area contributed by atoms with Gasteiger partial charge in [0, 0.05) is 0 Å². The Bertz CT molecular complexity index is 463. The van der Waals surface area contributed by atoms with Crippen LogP contribution in [0.2, 0.25) is 0 Å². The highest BCUT2D eigenvalue weighted by Gasteiger charge is 2.16. The molecule has 0 fully saturated rings. The van der Waals surface area contributed by atoms with Gasteiger partial charge in [0.1, 0.15) is 23.6 Å². The van der Waals surface area contributed by atoms with Gasteiger partial charge in [0.25, 0.3) is 0 Å². The maximum Gasteiger partial charge on any atom is 0.315 e. The van der Waals surface area contributed by atoms with E-state index in [-0.39, 0.29) is 13.0 Å². The lowest BCUT2D eigenvalue weighted by Gasteiger charge is -2.15. The van der Waals surface area contributed by atoms with Gasteiger partial charge in [-0.2, -0.15) is 0 Å². The summed E-state index contributed by atoms with van der Waals surface area (Å²) >= 11 is 0. The first-order valence-corrected chi connectivity index (χ1v) is 6.96. The second kappa shape index (κ2) is 8.84. The summed E-state index contributed by atoms with van der Waals surface area (Å²) in [5.41, 5.74) is 0.426. The van der Waals surface area contributed by atoms with Crippen LogP contribution >= 0.6 is 0 Å². The van der Waals surface area contributed by atoms with Crippen LogP contribution in [0.25, 0.3) is 0 Å². The Morgan fingerprint density at radius 2 is 1.57 bits per heavy atom. The molecule has 0 unspecified atom stereocenters. The van der Waals surface area contributed by atoms with E-state index >= 15 is 0 Å². The Balaban J connectivity index is 2.88. The second-order valence-electron chi connectivity index (χ2n) is 4.03. The number of amides is 1. The summed E-state index contributed by atoms with van der Waals surface area (Å²) < 4.78 is 15.7. The van der Waals surface area contributed by atoms with E-state index in [1.165, 1.54) is 0 Å². The van der Waals surface area contributed by atoms with Crippen molar-refractivity contribution in [3.05, 3.63) is 18.2 Å². The summed E-state index contributed by atoms with van der Waals surface area (Å²) in [5, 5.41) is 2.65. The predicted octanol–water partition coefficient (Wildman–Crippen LogP) is 2.38. The van der Waals surface area contributed by atoms with Crippen LogP contribution in [0.3, 0.4) is 0 Å². The third-order valence-corrected chi connectivity index (χ3v) is 2.46. The number of carbonyl (C=O) groups excluding carboxylic acids is 2. The highest BCUT2D eigenvalue weighted by Crippen LogP contribution is 2.34. The number of anilines is 1. The molecule has 0 saturated heterocycles. The fourth-order valence-corrected chi connectivity index (χ4v) is 1.71. The third-order valence-electron chi connectivity index (χ3n) is 2.46. The van der Waals surface area contributed by atoms with Gasteiger partial charge in [0.05, 0.1) is 19.8 Å². The normalized spacial score (nSPS) is 9.86. The van der Waals surface area contributed by atoms with Gasteiger partial charge in [-0.05, 0) is 32.9 Å². The van der Waals surface area contributed by atoms with Crippen molar-refractivity contribution in [3.63, 3.8) is 0 Å². The average Bonchev–Trinajstić information content (AvgIpc) is 2.43. The number of benzene rings is 1. The number of nitrogens with one attached hydrogen (secondary N) is 1. The van der Waals surface area contributed by atoms with E-state index in [2.05, 4.69) is 5.32 Å². The van der Waals surface area contributed by atoms with E-state index in [1.807, 2.05) is 13.8 Å². The summed E-state index contributed by atoms with van der Waals surface area (Å²) in [5.74, 6) is -0.0373. The van der Waals surface area contributed by atoms with E-state index in [0.29, 0.717) is 30.4 Å². The van der Waals surface area contributed by atoms with Crippen LogP contribution < -0.4 is 14.8 Å². The summed E-state index contributed by atoms with van der Waals surface area (Å²) in [6, 6.07) is 5.23. The van der Waals surface area contributed by atoms with Crippen molar-refractivity contribution in [1.29, 1.82) is 0 Å². The van der Waals surface area contributed by atoms with Crippen LogP contribution in [0.1, 0.15) is 27.2 Å². The Hall–Kier alpha value is -2.24. The van der Waals surface area contributed by atoms with E-state index in [4.69, 9.17) is 14.2 Å². The van der Waals surface area contributed by atoms with Crippen molar-refractivity contribution in [2.75, 3.05) is 25.1 Å². The Morgan fingerprint density at radius 1 is 1.00 bits per heavy atom. The molecule has 0 heterocycles. The van der Waals surface area contributed by atoms with Crippen LogP contribution in [0, 0.1) is 0 Å². The maximum atomic E-state index is 11.9. The molecule has 1 rings (SSSR count). The lowest BCUT2D eigenvalue weighted by molar-refractivity contribution is -0.145. The van der Waals surface area contributed by atoms with Crippen molar-refractivity contribution in [2.24, 2.45) is 0 Å². The molecule has 6 nitrogen and oxygen atoms in total. The van der Waals surface area contributed by atoms with Gasteiger partial charge >= 0.3 is 5.97 Å². The number of carbonyl (C=O) groups is 2. The molecule has 0 aromatic heterocycles. The molecule has 6 heteroatoms. The lowest BCUT2D eigenvalue weighted by Crippen LogP contribution is -2.19. The van der Waals surface area contributed by atoms with Gasteiger partial charge in [-0.1, -0.05) is 6.07 Å². The molecule has 0 aliphatic carbocycles. The van der Waals surface area contributed by atoms with Gasteiger partial charge in [-0.3, -0.25) is 9.59 Å². The molecule has 116 valence electrons. The minimum absolute atomic E-state index is 0.242. The number of esters is 1. The first-order chi connectivity index (χ1) is 10.1. The molecule has 0 spiro atoms. The van der Waals surface area contributed by atoms with Crippen molar-refractivity contribution < 1.29 is 23.8 Å². The lowest BCUT2D eigenvalue weighted by atomic mass is 10.2. The van der Waals surface area contributed by atoms with E-state index in [0.717, 1.165) is 0 Å². The smallest absolute Gasteiger partial charge is 0.315 e. The Morgan fingerprint density at radius 3 is 2.05 bits per heavy atom. The zero-order chi connectivity index (χ0) is 15.7. The van der Waals surface area contributed by atoms with E-state index in [9.17, 15) is 9.59 Å². The molecule has 1 amide bonds. The molecule has 0 saturated carbocycles. The summed E-state index contributed by atoms with van der Waals surface area (Å²) in [7, 11) is 0. The second-order valence-corrected chi connectivity index (χ2v) is 4.03. The number of hydrogen-bond acceptors (Lipinski definition) is 5. The molecule has 1 aromatic rings. The first kappa shape index (κ1) is 16.8. The first-order valence-electron chi connectivity index (χ1n) is 6.96. The van der Waals surface area contributed by atoms with Crippen molar-refractivity contribution >= 4 is 17.6 Å².